The van der Waals surface area contributed by atoms with Crippen molar-refractivity contribution in [1.29, 1.82) is 0 Å². The summed E-state index contributed by atoms with van der Waals surface area (Å²) >= 11 is 0. The van der Waals surface area contributed by atoms with Gasteiger partial charge in [-0.2, -0.15) is 0 Å². The van der Waals surface area contributed by atoms with E-state index < -0.39 is 49.6 Å². The summed E-state index contributed by atoms with van der Waals surface area (Å²) in [5, 5.41) is 45.3. The van der Waals surface area contributed by atoms with Crippen LogP contribution in [0.3, 0.4) is 0 Å². The Bertz CT molecular complexity index is 1430. The van der Waals surface area contributed by atoms with E-state index in [1.165, 1.54) is 4.90 Å². The molecule has 0 bridgehead atoms. The maximum absolute atomic E-state index is 11.9. The summed E-state index contributed by atoms with van der Waals surface area (Å²) in [4.78, 5) is 61.4. The average Bonchev–Trinajstić information content (AvgIpc) is 2.94. The van der Waals surface area contributed by atoms with E-state index in [4.69, 9.17) is 5.73 Å². The van der Waals surface area contributed by atoms with Gasteiger partial charge in [0.25, 0.3) is 0 Å². The van der Waals surface area contributed by atoms with Gasteiger partial charge in [0, 0.05) is 32.7 Å². The van der Waals surface area contributed by atoms with E-state index in [9.17, 15) is 39.6 Å². The number of pyridine rings is 3. The summed E-state index contributed by atoms with van der Waals surface area (Å²) in [5.41, 5.74) is 8.08. The fraction of sp³-hybridized carbons (Fsp3) is 0.345. The fourth-order valence-corrected chi connectivity index (χ4v) is 4.48. The Balaban J connectivity index is 0.00000675. The topological polar surface area (TPSA) is 232 Å². The Kier molecular flexibility index (Phi) is 15.0. The maximum atomic E-state index is 11.9. The quantitative estimate of drug-likeness (QED) is 0.104. The Hall–Kier alpha value is -3.79. The molecule has 0 saturated heterocycles. The molecule has 0 aliphatic carbocycles. The van der Waals surface area contributed by atoms with Gasteiger partial charge >= 0.3 is 29.6 Å². The molecule has 44 heavy (non-hydrogen) atoms. The van der Waals surface area contributed by atoms with Crippen molar-refractivity contribution in [2.75, 3.05) is 26.2 Å². The van der Waals surface area contributed by atoms with Gasteiger partial charge in [0.05, 0.1) is 64.1 Å². The molecular formula is C29H30N6NaO8-3. The largest absolute Gasteiger partial charge is 1.00 e. The van der Waals surface area contributed by atoms with E-state index in [0.29, 0.717) is 53.5 Å². The van der Waals surface area contributed by atoms with Crippen LogP contribution in [0.25, 0.3) is 22.8 Å². The van der Waals surface area contributed by atoms with E-state index in [1.807, 2.05) is 0 Å². The van der Waals surface area contributed by atoms with Crippen molar-refractivity contribution >= 4 is 23.9 Å². The molecule has 14 nitrogen and oxygen atoms in total. The second-order valence-corrected chi connectivity index (χ2v) is 9.72. The van der Waals surface area contributed by atoms with Crippen molar-refractivity contribution in [3.8, 4) is 22.8 Å². The molecule has 0 aromatic carbocycles. The first kappa shape index (κ1) is 36.4. The Morgan fingerprint density at radius 2 is 1.11 bits per heavy atom. The third-order valence-electron chi connectivity index (χ3n) is 6.32. The van der Waals surface area contributed by atoms with Gasteiger partial charge in [0.15, 0.2) is 0 Å². The van der Waals surface area contributed by atoms with Crippen LogP contribution >= 0.6 is 0 Å². The first-order valence-corrected chi connectivity index (χ1v) is 13.4. The number of unbranched alkanes of at least 4 members (excludes halogenated alkanes) is 1. The van der Waals surface area contributed by atoms with Crippen LogP contribution in [0.1, 0.15) is 30.7 Å². The zero-order chi connectivity index (χ0) is 31.4. The van der Waals surface area contributed by atoms with Gasteiger partial charge in [-0.1, -0.05) is 24.6 Å². The summed E-state index contributed by atoms with van der Waals surface area (Å²) < 4.78 is 0. The molecule has 0 amide bonds. The van der Waals surface area contributed by atoms with Crippen LogP contribution in [0.5, 0.6) is 0 Å². The normalized spacial score (nSPS) is 11.6. The fourth-order valence-electron chi connectivity index (χ4n) is 4.48. The van der Waals surface area contributed by atoms with Crippen molar-refractivity contribution in [2.45, 2.75) is 38.4 Å². The van der Waals surface area contributed by atoms with Gasteiger partial charge < -0.3 is 45.3 Å². The molecule has 0 radical (unpaired) electrons. The molecule has 0 aliphatic rings. The first-order valence-electron chi connectivity index (χ1n) is 13.4. The molecule has 3 aromatic rings. The summed E-state index contributed by atoms with van der Waals surface area (Å²) in [6.45, 7) is -1.67. The second-order valence-electron chi connectivity index (χ2n) is 9.72. The standard InChI is InChI=1S/C29H34N6O8.Na/c30-13-2-1-12-25(29(42)43)35(18-28(40)41)15-20-7-4-9-22(32-20)24-11-5-10-23(33-24)21-8-3-6-19(31-21)14-34(16-26(36)37)17-27(38)39;/h3-11,25H,1-2,12-18,30H2,(H,36,37)(H,38,39)(H,40,41)(H,42,43);/q;+1/p-4/t25-;/m0./s1. The number of carboxylic acid groups (broad SMARTS) is 4. The number of carboxylic acids is 4. The molecule has 0 aliphatic heterocycles. The van der Waals surface area contributed by atoms with Gasteiger partial charge in [-0.25, -0.2) is 15.0 Å². The van der Waals surface area contributed by atoms with Crippen LogP contribution in [0.15, 0.2) is 54.6 Å². The smallest absolute Gasteiger partial charge is 0.549 e. The first-order chi connectivity index (χ1) is 20.5. The molecule has 228 valence electrons. The Labute approximate surface area is 275 Å². The summed E-state index contributed by atoms with van der Waals surface area (Å²) in [5.74, 6) is -5.72. The molecular weight excluding hydrogens is 583 g/mol. The molecule has 3 rings (SSSR count). The molecule has 0 unspecified atom stereocenters. The van der Waals surface area contributed by atoms with Crippen molar-refractivity contribution in [2.24, 2.45) is 5.73 Å². The molecule has 0 spiro atoms. The van der Waals surface area contributed by atoms with Crippen molar-refractivity contribution in [3.05, 3.63) is 66.0 Å². The summed E-state index contributed by atoms with van der Waals surface area (Å²) in [7, 11) is 0. The number of carbonyl (C=O) groups is 4. The van der Waals surface area contributed by atoms with Crippen LogP contribution in [-0.2, 0) is 32.3 Å². The average molecular weight is 614 g/mol. The van der Waals surface area contributed by atoms with E-state index in [-0.39, 0.29) is 49.1 Å². The van der Waals surface area contributed by atoms with E-state index in [1.54, 1.807) is 54.6 Å². The number of nitrogens with two attached hydrogens (primary N) is 1. The van der Waals surface area contributed by atoms with Crippen LogP contribution in [0.2, 0.25) is 0 Å². The minimum absolute atomic E-state index is 0. The van der Waals surface area contributed by atoms with Gasteiger partial charge in [0.1, 0.15) is 0 Å². The third kappa shape index (κ3) is 11.7. The van der Waals surface area contributed by atoms with Gasteiger partial charge in [-0.15, -0.1) is 0 Å². The number of rotatable bonds is 18. The Morgan fingerprint density at radius 1 is 0.659 bits per heavy atom. The van der Waals surface area contributed by atoms with Crippen molar-refractivity contribution in [1.82, 2.24) is 24.8 Å². The SMILES string of the molecule is NCCCC[C@@H](C(=O)[O-])N(CC(=O)[O-])Cc1cccc(-c2cccc(-c3cccc(CN(CC(=O)[O-])CC(=O)[O-])n3)n2)n1.[Na+]. The van der Waals surface area contributed by atoms with Gasteiger partial charge in [-0.3, -0.25) is 9.80 Å². The zero-order valence-electron chi connectivity index (χ0n) is 24.2. The van der Waals surface area contributed by atoms with Crippen molar-refractivity contribution < 1.29 is 69.2 Å². The van der Waals surface area contributed by atoms with E-state index in [2.05, 4.69) is 15.0 Å². The molecule has 2 N–H and O–H groups in total. The predicted octanol–water partition coefficient (Wildman–Crippen LogP) is -6.69. The number of nitrogens with zero attached hydrogens (tertiary/aromatic N) is 5. The Morgan fingerprint density at radius 3 is 1.57 bits per heavy atom. The minimum atomic E-state index is -1.44. The van der Waals surface area contributed by atoms with Crippen LogP contribution < -0.4 is 55.7 Å². The third-order valence-corrected chi connectivity index (χ3v) is 6.32. The predicted molar refractivity (Wildman–Crippen MR) is 143 cm³/mol. The van der Waals surface area contributed by atoms with Crippen LogP contribution in [0.4, 0.5) is 0 Å². The van der Waals surface area contributed by atoms with Crippen LogP contribution in [-0.4, -0.2) is 80.8 Å². The van der Waals surface area contributed by atoms with E-state index in [0.717, 1.165) is 4.90 Å². The number of hydrogen-bond acceptors (Lipinski definition) is 14. The number of carbonyl (C=O) groups excluding carboxylic acids is 4. The van der Waals surface area contributed by atoms with Gasteiger partial charge in [-0.05, 0) is 55.8 Å². The monoisotopic (exact) mass is 613 g/mol. The maximum Gasteiger partial charge on any atom is 1.00 e. The summed E-state index contributed by atoms with van der Waals surface area (Å²) in [6, 6.07) is 13.9. The number of aliphatic carboxylic acids is 4. The molecule has 3 heterocycles. The number of hydrogen-bond donors (Lipinski definition) is 1. The minimum Gasteiger partial charge on any atom is -0.549 e. The molecule has 0 fully saturated rings. The van der Waals surface area contributed by atoms with Crippen molar-refractivity contribution in [3.63, 3.8) is 0 Å². The summed E-state index contributed by atoms with van der Waals surface area (Å²) in [6.07, 6.45) is 1.21. The van der Waals surface area contributed by atoms with Crippen LogP contribution in [0, 0.1) is 0 Å². The molecule has 15 heteroatoms. The van der Waals surface area contributed by atoms with E-state index >= 15 is 0 Å². The second kappa shape index (κ2) is 18.1. The molecule has 3 aromatic heterocycles. The zero-order valence-corrected chi connectivity index (χ0v) is 26.2. The molecule has 0 saturated carbocycles. The molecule has 1 atom stereocenters. The number of aromatic nitrogens is 3. The van der Waals surface area contributed by atoms with Gasteiger partial charge in [0.2, 0.25) is 0 Å².